The maximum Gasteiger partial charge on any atom is 0.290 e. The molecule has 0 saturated carbocycles. The second-order valence-electron chi connectivity index (χ2n) is 9.57. The van der Waals surface area contributed by atoms with Gasteiger partial charge in [0.15, 0.2) is 11.0 Å². The summed E-state index contributed by atoms with van der Waals surface area (Å²) >= 11 is 0. The van der Waals surface area contributed by atoms with Crippen LogP contribution in [0.25, 0.3) is 0 Å². The smallest absolute Gasteiger partial charge is 0.241 e. The van der Waals surface area contributed by atoms with Gasteiger partial charge >= 0.3 is 0 Å². The van der Waals surface area contributed by atoms with Gasteiger partial charge < -0.3 is 0 Å². The summed E-state index contributed by atoms with van der Waals surface area (Å²) in [6.07, 6.45) is 0. The Kier molecular flexibility index (Phi) is 11.2. The molecule has 0 heterocycles. The molecule has 4 rings (SSSR count). The molecule has 0 aromatic heterocycles. The first-order valence-electron chi connectivity index (χ1n) is 13.1. The van der Waals surface area contributed by atoms with Crippen LogP contribution in [-0.2, 0) is 39.5 Å². The second kappa shape index (κ2) is 14.1. The predicted molar refractivity (Wildman–Crippen MR) is 168 cm³/mol. The number of alkyl halides is 2. The normalized spacial score (nSPS) is 15.8. The van der Waals surface area contributed by atoms with Crippen LogP contribution in [0, 0.1) is 13.8 Å². The average molecular weight is 683 g/mol. The van der Waals surface area contributed by atoms with Crippen molar-refractivity contribution in [3.05, 3.63) is 120 Å². The molecule has 4 aromatic carbocycles. The van der Waals surface area contributed by atoms with E-state index in [1.165, 1.54) is 48.5 Å². The van der Waals surface area contributed by atoms with Gasteiger partial charge in [-0.2, -0.15) is 16.8 Å². The number of benzene rings is 4. The van der Waals surface area contributed by atoms with Crippen molar-refractivity contribution in [1.82, 2.24) is 0 Å². The second-order valence-corrected chi connectivity index (χ2v) is 18.1. The van der Waals surface area contributed by atoms with E-state index >= 15 is 0 Å². The quantitative estimate of drug-likeness (QED) is 0.196. The van der Waals surface area contributed by atoms with Gasteiger partial charge in [0.25, 0.3) is 20.0 Å². The molecule has 8 nitrogen and oxygen atoms in total. The molecule has 0 unspecified atom stereocenters. The van der Waals surface area contributed by atoms with Crippen molar-refractivity contribution in [2.75, 3.05) is 0 Å². The van der Waals surface area contributed by atoms with Crippen molar-refractivity contribution in [2.24, 2.45) is 7.54 Å². The fourth-order valence-electron chi connectivity index (χ4n) is 3.61. The Labute approximate surface area is 258 Å². The van der Waals surface area contributed by atoms with Crippen LogP contribution in [0.1, 0.15) is 25.0 Å². The largest absolute Gasteiger partial charge is 0.290 e. The number of nitrogens with zero attached hydrogens (tertiary/aromatic N) is 2. The van der Waals surface area contributed by atoms with Gasteiger partial charge in [0, 0.05) is 0 Å². The van der Waals surface area contributed by atoms with E-state index in [2.05, 4.69) is 7.54 Å². The number of sulfonamides is 2. The van der Waals surface area contributed by atoms with Gasteiger partial charge in [-0.25, -0.2) is 17.2 Å². The minimum absolute atomic E-state index is 0.0562. The van der Waals surface area contributed by atoms with Crippen molar-refractivity contribution < 1.29 is 34.0 Å². The molecule has 0 aliphatic heterocycles. The highest BCUT2D eigenvalue weighted by Gasteiger charge is 2.27. The van der Waals surface area contributed by atoms with Crippen LogP contribution in [0.3, 0.4) is 0 Å². The maximum atomic E-state index is 13.9. The highest BCUT2D eigenvalue weighted by molar-refractivity contribution is 8.04. The van der Waals surface area contributed by atoms with E-state index in [1.54, 1.807) is 60.7 Å². The lowest BCUT2D eigenvalue weighted by molar-refractivity contribution is 0.464. The van der Waals surface area contributed by atoms with E-state index in [9.17, 15) is 34.0 Å². The summed E-state index contributed by atoms with van der Waals surface area (Å²) in [5.74, 6) is 0. The van der Waals surface area contributed by atoms with Crippen molar-refractivity contribution in [2.45, 2.75) is 58.3 Å². The van der Waals surface area contributed by atoms with Crippen molar-refractivity contribution in [3.63, 3.8) is 0 Å². The molecule has 4 aromatic rings. The van der Waals surface area contributed by atoms with Crippen LogP contribution in [-0.4, -0.2) is 36.3 Å². The number of rotatable bonds is 8. The summed E-state index contributed by atoms with van der Waals surface area (Å²) in [5.41, 5.74) is -2.09. The van der Waals surface area contributed by atoms with Crippen molar-refractivity contribution in [1.29, 1.82) is 0 Å². The van der Waals surface area contributed by atoms with E-state index in [0.717, 1.165) is 25.0 Å². The minimum Gasteiger partial charge on any atom is -0.241 e. The molecule has 0 fully saturated rings. The lowest BCUT2D eigenvalue weighted by Gasteiger charge is -2.11. The number of hydrogen-bond acceptors (Lipinski definition) is 6. The molecule has 0 spiro atoms. The molecule has 0 bridgehead atoms. The zero-order chi connectivity index (χ0) is 32.8. The number of hydrogen-bond donors (Lipinski definition) is 0. The topological polar surface area (TPSA) is 127 Å². The Morgan fingerprint density at radius 3 is 0.977 bits per heavy atom. The average Bonchev–Trinajstić information content (AvgIpc) is 2.98. The van der Waals surface area contributed by atoms with Crippen molar-refractivity contribution in [3.8, 4) is 0 Å². The molecule has 0 radical (unpaired) electrons. The van der Waals surface area contributed by atoms with Gasteiger partial charge in [-0.15, -0.1) is 0 Å². The van der Waals surface area contributed by atoms with Crippen LogP contribution < -0.4 is 0 Å². The summed E-state index contributed by atoms with van der Waals surface area (Å²) in [4.78, 5) is -0.105. The van der Waals surface area contributed by atoms with Gasteiger partial charge in [0.05, 0.1) is 19.6 Å². The van der Waals surface area contributed by atoms with Crippen LogP contribution in [0.5, 0.6) is 0 Å². The molecule has 0 amide bonds. The molecular formula is C30H32F2N2O6S4. The van der Waals surface area contributed by atoms with E-state index in [-0.39, 0.29) is 19.6 Å². The number of halogens is 2. The third-order valence-corrected chi connectivity index (χ3v) is 14.8. The molecule has 0 aliphatic carbocycles. The van der Waals surface area contributed by atoms with Gasteiger partial charge in [0.2, 0.25) is 0 Å². The summed E-state index contributed by atoms with van der Waals surface area (Å²) in [7, 11) is -15.9. The molecule has 0 N–H and O–H groups in total. The Morgan fingerprint density at radius 2 is 0.727 bits per heavy atom. The van der Waals surface area contributed by atoms with Crippen LogP contribution in [0.4, 0.5) is 8.78 Å². The summed E-state index contributed by atoms with van der Waals surface area (Å²) < 4.78 is 110. The SMILES string of the molecule is Cc1ccc(S(=O)(=O)N=[S@@](=O)(c2ccccc2)[C@@H](C)F)cc1.Cc1ccc(S(=O)(=O)N=[S@@](=O)(c2ccccc2)[C@@H](C)F)cc1. The maximum absolute atomic E-state index is 13.9. The van der Waals surface area contributed by atoms with Gasteiger partial charge in [-0.3, -0.25) is 0 Å². The van der Waals surface area contributed by atoms with Crippen LogP contribution in [0.2, 0.25) is 0 Å². The third-order valence-electron chi connectivity index (χ3n) is 6.10. The van der Waals surface area contributed by atoms with E-state index in [1.807, 2.05) is 13.8 Å². The highest BCUT2D eigenvalue weighted by atomic mass is 32.3. The Balaban J connectivity index is 0.000000240. The fraction of sp³-hybridized carbons (Fsp3) is 0.200. The Bertz CT molecular complexity index is 1880. The first-order chi connectivity index (χ1) is 20.5. The van der Waals surface area contributed by atoms with E-state index in [4.69, 9.17) is 0 Å². The molecular weight excluding hydrogens is 651 g/mol. The summed E-state index contributed by atoms with van der Waals surface area (Å²) in [6, 6.07) is 27.1. The lowest BCUT2D eigenvalue weighted by atomic mass is 10.2. The van der Waals surface area contributed by atoms with Gasteiger partial charge in [-0.1, -0.05) is 79.3 Å². The number of aryl methyl sites for hydroxylation is 2. The molecule has 0 saturated heterocycles. The van der Waals surface area contributed by atoms with Gasteiger partial charge in [-0.05, 0) is 76.2 Å². The van der Waals surface area contributed by atoms with Crippen molar-refractivity contribution >= 4 is 39.5 Å². The first-order valence-corrected chi connectivity index (χ1v) is 19.1. The van der Waals surface area contributed by atoms with Gasteiger partial charge in [0.1, 0.15) is 19.5 Å². The first kappa shape index (κ1) is 35.0. The molecule has 44 heavy (non-hydrogen) atoms. The predicted octanol–water partition coefficient (Wildman–Crippen LogP) is 7.05. The molecule has 0 aliphatic rings. The van der Waals surface area contributed by atoms with E-state index < -0.39 is 50.5 Å². The van der Waals surface area contributed by atoms with Crippen LogP contribution >= 0.6 is 0 Å². The third kappa shape index (κ3) is 8.37. The zero-order valence-electron chi connectivity index (χ0n) is 24.3. The molecule has 4 atom stereocenters. The summed E-state index contributed by atoms with van der Waals surface area (Å²) in [5, 5.41) is 0. The fourth-order valence-corrected chi connectivity index (χ4v) is 11.1. The molecule has 236 valence electrons. The lowest BCUT2D eigenvalue weighted by Crippen LogP contribution is -2.15. The summed E-state index contributed by atoms with van der Waals surface area (Å²) in [6.45, 7) is 5.71. The monoisotopic (exact) mass is 682 g/mol. The molecule has 14 heteroatoms. The Morgan fingerprint density at radius 1 is 0.455 bits per heavy atom. The highest BCUT2D eigenvalue weighted by Crippen LogP contribution is 2.26. The van der Waals surface area contributed by atoms with E-state index in [0.29, 0.717) is 0 Å². The van der Waals surface area contributed by atoms with Crippen LogP contribution in [0.15, 0.2) is 136 Å². The minimum atomic E-state index is -4.22. The Hall–Kier alpha value is -3.46. The standard InChI is InChI=1S/2C15H16FNO3S2/c2*1-12-8-10-15(11-9-12)22(19,20)17-21(18,13(2)16)14-6-4-3-5-7-14/h2*3-11,13H,1-2H3/t2*13-,21-/m00/s1. The zero-order valence-corrected chi connectivity index (χ0v) is 27.5.